The van der Waals surface area contributed by atoms with Gasteiger partial charge in [0, 0.05) is 17.4 Å². The number of nitrogens with two attached hydrogens (primary N) is 1. The summed E-state index contributed by atoms with van der Waals surface area (Å²) in [6.45, 7) is 8.16. The number of anilines is 1. The smallest absolute Gasteiger partial charge is 0.282 e. The van der Waals surface area contributed by atoms with Crippen LogP contribution >= 0.6 is 11.8 Å². The summed E-state index contributed by atoms with van der Waals surface area (Å²) in [5.74, 6) is 0.526. The molecule has 6 heteroatoms. The first-order valence-electron chi connectivity index (χ1n) is 5.65. The van der Waals surface area contributed by atoms with Crippen LogP contribution in [0.5, 0.6) is 0 Å². The Kier molecular flexibility index (Phi) is 3.07. The predicted molar refractivity (Wildman–Crippen MR) is 69.8 cm³/mol. The summed E-state index contributed by atoms with van der Waals surface area (Å²) in [6, 6.07) is 1.83. The molecule has 0 saturated heterocycles. The van der Waals surface area contributed by atoms with Gasteiger partial charge in [0.05, 0.1) is 18.8 Å². The van der Waals surface area contributed by atoms with Crippen LogP contribution in [-0.4, -0.2) is 31.2 Å². The fraction of sp³-hybridized carbons (Fsp3) is 0.636. The number of hydrogen-bond acceptors (Lipinski definition) is 4. The van der Waals surface area contributed by atoms with Crippen LogP contribution in [0.25, 0.3) is 0 Å². The minimum atomic E-state index is -0.0478. The van der Waals surface area contributed by atoms with Crippen molar-refractivity contribution in [3.8, 4) is 0 Å². The third-order valence-electron chi connectivity index (χ3n) is 2.47. The molecule has 94 valence electrons. The van der Waals surface area contributed by atoms with Crippen molar-refractivity contribution in [1.82, 2.24) is 14.7 Å². The fourth-order valence-corrected chi connectivity index (χ4v) is 2.58. The number of carbonyl (C=O) groups excluding carboxylic acids is 1. The highest BCUT2D eigenvalue weighted by Crippen LogP contribution is 2.28. The number of rotatable bonds is 0. The lowest BCUT2D eigenvalue weighted by molar-refractivity contribution is 0.205. The second-order valence-electron chi connectivity index (χ2n) is 5.19. The van der Waals surface area contributed by atoms with Crippen LogP contribution in [0.1, 0.15) is 26.5 Å². The maximum Gasteiger partial charge on any atom is 0.282 e. The number of nitrogen functional groups attached to an aromatic ring is 1. The second kappa shape index (κ2) is 4.25. The summed E-state index contributed by atoms with van der Waals surface area (Å²) in [7, 11) is 0. The summed E-state index contributed by atoms with van der Waals surface area (Å²) in [5.41, 5.74) is 6.65. The summed E-state index contributed by atoms with van der Waals surface area (Å²) in [4.78, 5) is 13.9. The standard InChI is InChI=1S/C11H18N4OS/c1-11(2,3)17-10(16)14-4-5-15-8(7-14)6-9(12)13-15/h6H,4-5,7H2,1-3H3,(H2,12,13). The van der Waals surface area contributed by atoms with Crippen molar-refractivity contribution in [3.05, 3.63) is 11.8 Å². The molecule has 1 aromatic rings. The van der Waals surface area contributed by atoms with E-state index in [4.69, 9.17) is 5.73 Å². The number of nitrogens with zero attached hydrogens (tertiary/aromatic N) is 3. The first-order chi connectivity index (χ1) is 7.85. The van der Waals surface area contributed by atoms with Gasteiger partial charge in [0.1, 0.15) is 5.82 Å². The van der Waals surface area contributed by atoms with Gasteiger partial charge in [-0.1, -0.05) is 32.5 Å². The molecule has 2 N–H and O–H groups in total. The fourth-order valence-electron chi connectivity index (χ4n) is 1.77. The molecule has 0 fully saturated rings. The molecule has 0 aliphatic carbocycles. The van der Waals surface area contributed by atoms with Crippen LogP contribution < -0.4 is 5.73 Å². The van der Waals surface area contributed by atoms with Gasteiger partial charge in [-0.2, -0.15) is 5.10 Å². The lowest BCUT2D eigenvalue weighted by Gasteiger charge is -2.29. The topological polar surface area (TPSA) is 64.2 Å². The Morgan fingerprint density at radius 2 is 2.18 bits per heavy atom. The van der Waals surface area contributed by atoms with E-state index in [1.807, 2.05) is 36.4 Å². The highest BCUT2D eigenvalue weighted by molar-refractivity contribution is 8.14. The molecule has 0 aromatic carbocycles. The van der Waals surface area contributed by atoms with Crippen molar-refractivity contribution in [1.29, 1.82) is 0 Å². The van der Waals surface area contributed by atoms with Gasteiger partial charge in [-0.15, -0.1) is 0 Å². The van der Waals surface area contributed by atoms with E-state index < -0.39 is 0 Å². The van der Waals surface area contributed by atoms with Gasteiger partial charge >= 0.3 is 0 Å². The van der Waals surface area contributed by atoms with Crippen molar-refractivity contribution in [2.75, 3.05) is 12.3 Å². The van der Waals surface area contributed by atoms with Gasteiger partial charge in [-0.3, -0.25) is 9.48 Å². The SMILES string of the molecule is CC(C)(C)SC(=O)N1CCn2nc(N)cc2C1. The van der Waals surface area contributed by atoms with E-state index in [2.05, 4.69) is 5.10 Å². The molecule has 0 spiro atoms. The van der Waals surface area contributed by atoms with E-state index in [1.54, 1.807) is 0 Å². The Labute approximate surface area is 105 Å². The highest BCUT2D eigenvalue weighted by atomic mass is 32.2. The van der Waals surface area contributed by atoms with E-state index in [9.17, 15) is 4.79 Å². The van der Waals surface area contributed by atoms with Gasteiger partial charge in [0.2, 0.25) is 0 Å². The van der Waals surface area contributed by atoms with Crippen molar-refractivity contribution in [2.24, 2.45) is 0 Å². The number of fused-ring (bicyclic) bond motifs is 1. The molecule has 5 nitrogen and oxygen atoms in total. The van der Waals surface area contributed by atoms with E-state index in [0.29, 0.717) is 18.9 Å². The zero-order chi connectivity index (χ0) is 12.6. The molecule has 0 atom stereocenters. The largest absolute Gasteiger partial charge is 0.382 e. The lowest BCUT2D eigenvalue weighted by atomic mass is 10.3. The van der Waals surface area contributed by atoms with Crippen molar-refractivity contribution in [3.63, 3.8) is 0 Å². The van der Waals surface area contributed by atoms with Crippen LogP contribution in [0.4, 0.5) is 10.6 Å². The van der Waals surface area contributed by atoms with E-state index >= 15 is 0 Å². The molecule has 1 aliphatic rings. The Morgan fingerprint density at radius 1 is 1.47 bits per heavy atom. The Bertz CT molecular complexity index is 435. The molecule has 0 bridgehead atoms. The van der Waals surface area contributed by atoms with E-state index in [-0.39, 0.29) is 9.99 Å². The first-order valence-corrected chi connectivity index (χ1v) is 6.47. The van der Waals surface area contributed by atoms with Crippen molar-refractivity contribution >= 4 is 22.8 Å². The third kappa shape index (κ3) is 2.94. The molecule has 17 heavy (non-hydrogen) atoms. The maximum absolute atomic E-state index is 12.1. The van der Waals surface area contributed by atoms with Gasteiger partial charge in [0.25, 0.3) is 5.24 Å². The monoisotopic (exact) mass is 254 g/mol. The van der Waals surface area contributed by atoms with E-state index in [0.717, 1.165) is 12.2 Å². The Morgan fingerprint density at radius 3 is 2.82 bits per heavy atom. The average molecular weight is 254 g/mol. The molecule has 2 rings (SSSR count). The molecular weight excluding hydrogens is 236 g/mol. The Balaban J connectivity index is 2.05. The molecule has 2 heterocycles. The van der Waals surface area contributed by atoms with Crippen molar-refractivity contribution < 1.29 is 4.79 Å². The number of amides is 1. The molecule has 0 saturated carbocycles. The molecule has 1 aromatic heterocycles. The number of carbonyl (C=O) groups is 1. The number of thioether (sulfide) groups is 1. The number of hydrogen-bond donors (Lipinski definition) is 1. The average Bonchev–Trinajstić information content (AvgIpc) is 2.53. The minimum Gasteiger partial charge on any atom is -0.382 e. The van der Waals surface area contributed by atoms with Gasteiger partial charge in [-0.05, 0) is 0 Å². The van der Waals surface area contributed by atoms with Crippen LogP contribution in [0.3, 0.4) is 0 Å². The summed E-state index contributed by atoms with van der Waals surface area (Å²) in [5, 5.41) is 4.30. The quantitative estimate of drug-likeness (QED) is 0.768. The zero-order valence-electron chi connectivity index (χ0n) is 10.4. The molecular formula is C11H18N4OS. The van der Waals surface area contributed by atoms with Crippen LogP contribution in [0, 0.1) is 0 Å². The van der Waals surface area contributed by atoms with Gasteiger partial charge < -0.3 is 10.6 Å². The lowest BCUT2D eigenvalue weighted by Crippen LogP contribution is -2.37. The van der Waals surface area contributed by atoms with Crippen molar-refractivity contribution in [2.45, 2.75) is 38.6 Å². The molecule has 1 aliphatic heterocycles. The minimum absolute atomic E-state index is 0.0478. The second-order valence-corrected chi connectivity index (χ2v) is 6.96. The van der Waals surface area contributed by atoms with Gasteiger partial charge in [0.15, 0.2) is 0 Å². The first kappa shape index (κ1) is 12.3. The predicted octanol–water partition coefficient (Wildman–Crippen LogP) is 1.93. The van der Waals surface area contributed by atoms with Crippen LogP contribution in [0.15, 0.2) is 6.07 Å². The highest BCUT2D eigenvalue weighted by Gasteiger charge is 2.25. The molecule has 0 radical (unpaired) electrons. The van der Waals surface area contributed by atoms with Crippen LogP contribution in [0.2, 0.25) is 0 Å². The third-order valence-corrected chi connectivity index (χ3v) is 3.51. The normalized spacial score (nSPS) is 15.8. The van der Waals surface area contributed by atoms with Crippen LogP contribution in [-0.2, 0) is 13.1 Å². The Hall–Kier alpha value is -1.17. The summed E-state index contributed by atoms with van der Waals surface area (Å²) < 4.78 is 1.83. The molecule has 1 amide bonds. The molecule has 0 unspecified atom stereocenters. The summed E-state index contributed by atoms with van der Waals surface area (Å²) in [6.07, 6.45) is 0. The summed E-state index contributed by atoms with van der Waals surface area (Å²) >= 11 is 1.37. The van der Waals surface area contributed by atoms with Gasteiger partial charge in [-0.25, -0.2) is 0 Å². The maximum atomic E-state index is 12.1. The number of aromatic nitrogens is 2. The van der Waals surface area contributed by atoms with E-state index in [1.165, 1.54) is 11.8 Å². The zero-order valence-corrected chi connectivity index (χ0v) is 11.3.